The third kappa shape index (κ3) is 3.60. The fourth-order valence-electron chi connectivity index (χ4n) is 3.44. The van der Waals surface area contributed by atoms with Crippen LogP contribution in [-0.4, -0.2) is 41.7 Å². The molecule has 0 unspecified atom stereocenters. The average molecular weight is 383 g/mol. The number of carbonyl (C=O) groups excluding carboxylic acids is 2. The van der Waals surface area contributed by atoms with Crippen LogP contribution in [0.3, 0.4) is 0 Å². The fraction of sp³-hybridized carbons (Fsp3) is 0.333. The molecule has 2 heterocycles. The van der Waals surface area contributed by atoms with Crippen LogP contribution in [0, 0.1) is 13.8 Å². The van der Waals surface area contributed by atoms with Gasteiger partial charge in [-0.2, -0.15) is 0 Å². The minimum absolute atomic E-state index is 0.212. The number of hydrogen-bond donors (Lipinski definition) is 2. The standard InChI is InChI=1S/C21H25N3O4/c1-5-28-21(26)19-13(2)18(14(3)23-19)20(25)22-10-12-24-11-9-15-16(24)7-6-8-17(15)27-4/h6-9,11,23H,5,10,12H2,1-4H3,(H,22,25). The molecule has 3 aromatic rings. The summed E-state index contributed by atoms with van der Waals surface area (Å²) in [6.07, 6.45) is 1.98. The van der Waals surface area contributed by atoms with Crippen molar-refractivity contribution in [3.8, 4) is 5.75 Å². The molecule has 7 nitrogen and oxygen atoms in total. The van der Waals surface area contributed by atoms with Gasteiger partial charge in [-0.15, -0.1) is 0 Å². The fourth-order valence-corrected chi connectivity index (χ4v) is 3.44. The Kier molecular flexibility index (Phi) is 5.73. The first-order valence-electron chi connectivity index (χ1n) is 9.24. The lowest BCUT2D eigenvalue weighted by Gasteiger charge is -2.09. The second-order valence-corrected chi connectivity index (χ2v) is 6.50. The average Bonchev–Trinajstić information content (AvgIpc) is 3.22. The number of amides is 1. The van der Waals surface area contributed by atoms with E-state index >= 15 is 0 Å². The van der Waals surface area contributed by atoms with E-state index < -0.39 is 5.97 Å². The molecule has 0 aliphatic heterocycles. The minimum Gasteiger partial charge on any atom is -0.496 e. The number of aryl methyl sites for hydroxylation is 1. The number of ether oxygens (including phenoxy) is 2. The molecule has 1 aromatic carbocycles. The van der Waals surface area contributed by atoms with Crippen LogP contribution in [0.15, 0.2) is 30.5 Å². The van der Waals surface area contributed by atoms with E-state index in [0.717, 1.165) is 16.7 Å². The van der Waals surface area contributed by atoms with Crippen LogP contribution in [0.5, 0.6) is 5.75 Å². The van der Waals surface area contributed by atoms with Gasteiger partial charge < -0.3 is 24.3 Å². The molecule has 0 spiro atoms. The number of nitrogens with zero attached hydrogens (tertiary/aromatic N) is 1. The largest absolute Gasteiger partial charge is 0.496 e. The number of nitrogens with one attached hydrogen (secondary N) is 2. The lowest BCUT2D eigenvalue weighted by Crippen LogP contribution is -2.28. The highest BCUT2D eigenvalue weighted by atomic mass is 16.5. The Morgan fingerprint density at radius 2 is 2.00 bits per heavy atom. The Balaban J connectivity index is 1.69. The minimum atomic E-state index is -0.449. The van der Waals surface area contributed by atoms with Crippen LogP contribution >= 0.6 is 0 Å². The van der Waals surface area contributed by atoms with Crippen LogP contribution < -0.4 is 10.1 Å². The summed E-state index contributed by atoms with van der Waals surface area (Å²) in [4.78, 5) is 27.6. The van der Waals surface area contributed by atoms with Gasteiger partial charge >= 0.3 is 5.97 Å². The number of aromatic nitrogens is 2. The van der Waals surface area contributed by atoms with Crippen molar-refractivity contribution >= 4 is 22.8 Å². The second kappa shape index (κ2) is 8.21. The van der Waals surface area contributed by atoms with Crippen LogP contribution in [-0.2, 0) is 11.3 Å². The van der Waals surface area contributed by atoms with E-state index in [9.17, 15) is 9.59 Å². The lowest BCUT2D eigenvalue weighted by molar-refractivity contribution is 0.0519. The van der Waals surface area contributed by atoms with Gasteiger partial charge in [0.25, 0.3) is 5.91 Å². The smallest absolute Gasteiger partial charge is 0.355 e. The van der Waals surface area contributed by atoms with Crippen molar-refractivity contribution in [2.45, 2.75) is 27.3 Å². The molecule has 0 atom stereocenters. The first kappa shape index (κ1) is 19.5. The molecule has 3 rings (SSSR count). The Morgan fingerprint density at radius 1 is 1.21 bits per heavy atom. The summed E-state index contributed by atoms with van der Waals surface area (Å²) < 4.78 is 12.5. The van der Waals surface area contributed by atoms with Crippen molar-refractivity contribution in [1.29, 1.82) is 0 Å². The molecule has 0 radical (unpaired) electrons. The molecule has 2 N–H and O–H groups in total. The summed E-state index contributed by atoms with van der Waals surface area (Å²) in [7, 11) is 1.65. The van der Waals surface area contributed by atoms with E-state index in [1.165, 1.54) is 0 Å². The molecule has 2 aromatic heterocycles. The monoisotopic (exact) mass is 383 g/mol. The number of carbonyl (C=O) groups is 2. The number of esters is 1. The Hall–Kier alpha value is -3.22. The second-order valence-electron chi connectivity index (χ2n) is 6.50. The molecule has 0 saturated carbocycles. The predicted octanol–water partition coefficient (Wildman–Crippen LogP) is 3.20. The van der Waals surface area contributed by atoms with Crippen molar-refractivity contribution in [2.75, 3.05) is 20.3 Å². The number of rotatable bonds is 7. The summed E-state index contributed by atoms with van der Waals surface area (Å²) in [5.74, 6) is 0.163. The van der Waals surface area contributed by atoms with Gasteiger partial charge in [0.15, 0.2) is 0 Å². The van der Waals surface area contributed by atoms with E-state index in [1.807, 2.05) is 30.5 Å². The zero-order chi connectivity index (χ0) is 20.3. The van der Waals surface area contributed by atoms with Crippen molar-refractivity contribution in [1.82, 2.24) is 14.9 Å². The van der Waals surface area contributed by atoms with E-state index in [1.54, 1.807) is 27.9 Å². The van der Waals surface area contributed by atoms with E-state index in [-0.39, 0.29) is 12.5 Å². The first-order valence-corrected chi connectivity index (χ1v) is 9.24. The third-order valence-electron chi connectivity index (χ3n) is 4.78. The topological polar surface area (TPSA) is 85.4 Å². The summed E-state index contributed by atoms with van der Waals surface area (Å²) in [6, 6.07) is 7.89. The molecule has 0 bridgehead atoms. The van der Waals surface area contributed by atoms with Gasteiger partial charge in [0, 0.05) is 30.4 Å². The summed E-state index contributed by atoms with van der Waals surface area (Å²) in [5, 5.41) is 3.97. The highest BCUT2D eigenvalue weighted by molar-refractivity contribution is 6.01. The Morgan fingerprint density at radius 3 is 2.71 bits per heavy atom. The number of H-pyrrole nitrogens is 1. The normalized spacial score (nSPS) is 10.9. The summed E-state index contributed by atoms with van der Waals surface area (Å²) >= 11 is 0. The van der Waals surface area contributed by atoms with Gasteiger partial charge in [-0.3, -0.25) is 4.79 Å². The van der Waals surface area contributed by atoms with Gasteiger partial charge in [-0.1, -0.05) is 6.07 Å². The molecule has 0 saturated heterocycles. The van der Waals surface area contributed by atoms with Crippen molar-refractivity contribution in [3.63, 3.8) is 0 Å². The van der Waals surface area contributed by atoms with Crippen molar-refractivity contribution in [2.24, 2.45) is 0 Å². The highest BCUT2D eigenvalue weighted by Gasteiger charge is 2.22. The molecule has 0 aliphatic rings. The predicted molar refractivity (Wildman–Crippen MR) is 107 cm³/mol. The van der Waals surface area contributed by atoms with Crippen LogP contribution in [0.25, 0.3) is 10.9 Å². The Bertz CT molecular complexity index is 1020. The zero-order valence-electron chi connectivity index (χ0n) is 16.6. The van der Waals surface area contributed by atoms with Crippen molar-refractivity contribution < 1.29 is 19.1 Å². The molecule has 148 valence electrons. The van der Waals surface area contributed by atoms with Crippen molar-refractivity contribution in [3.05, 3.63) is 53.0 Å². The van der Waals surface area contributed by atoms with Gasteiger partial charge in [0.05, 0.1) is 24.8 Å². The molecular formula is C21H25N3O4. The van der Waals surface area contributed by atoms with Gasteiger partial charge in [0.2, 0.25) is 0 Å². The number of methoxy groups -OCH3 is 1. The zero-order valence-corrected chi connectivity index (χ0v) is 16.6. The van der Waals surface area contributed by atoms with Crippen LogP contribution in [0.2, 0.25) is 0 Å². The van der Waals surface area contributed by atoms with E-state index in [2.05, 4.69) is 14.9 Å². The summed E-state index contributed by atoms with van der Waals surface area (Å²) in [5.41, 5.74) is 3.11. The number of fused-ring (bicyclic) bond motifs is 1. The Labute approximate surface area is 163 Å². The van der Waals surface area contributed by atoms with Gasteiger partial charge in [-0.05, 0) is 44.5 Å². The third-order valence-corrected chi connectivity index (χ3v) is 4.78. The maximum Gasteiger partial charge on any atom is 0.355 e. The van der Waals surface area contributed by atoms with Crippen LogP contribution in [0.4, 0.5) is 0 Å². The lowest BCUT2D eigenvalue weighted by atomic mass is 10.1. The first-order chi connectivity index (χ1) is 13.5. The summed E-state index contributed by atoms with van der Waals surface area (Å²) in [6.45, 7) is 6.63. The van der Waals surface area contributed by atoms with Gasteiger partial charge in [-0.25, -0.2) is 4.79 Å². The molecule has 0 fully saturated rings. The maximum atomic E-state index is 12.7. The molecule has 1 amide bonds. The quantitative estimate of drug-likeness (QED) is 0.614. The number of hydrogen-bond acceptors (Lipinski definition) is 4. The SMILES string of the molecule is CCOC(=O)c1[nH]c(C)c(C(=O)NCCn2ccc3c(OC)cccc32)c1C. The molecule has 0 aliphatic carbocycles. The maximum absolute atomic E-state index is 12.7. The molecular weight excluding hydrogens is 358 g/mol. The van der Waals surface area contributed by atoms with Gasteiger partial charge in [0.1, 0.15) is 11.4 Å². The van der Waals surface area contributed by atoms with Crippen LogP contribution in [0.1, 0.15) is 39.0 Å². The van der Waals surface area contributed by atoms with E-state index in [4.69, 9.17) is 9.47 Å². The number of benzene rings is 1. The van der Waals surface area contributed by atoms with E-state index in [0.29, 0.717) is 35.6 Å². The molecule has 28 heavy (non-hydrogen) atoms. The highest BCUT2D eigenvalue weighted by Crippen LogP contribution is 2.26. The molecule has 7 heteroatoms. The number of aromatic amines is 1.